The molecule has 3 heterocycles. The molecular formula is C14H17FN4O3S. The Balaban J connectivity index is 1.87. The van der Waals surface area contributed by atoms with Crippen molar-refractivity contribution >= 4 is 9.84 Å². The largest absolute Gasteiger partial charge is 0.378 e. The molecule has 23 heavy (non-hydrogen) atoms. The maximum absolute atomic E-state index is 13.0. The summed E-state index contributed by atoms with van der Waals surface area (Å²) < 4.78 is 42.2. The molecule has 1 N–H and O–H groups in total. The number of morpholine rings is 1. The number of nitrogens with one attached hydrogen (secondary N) is 1. The second kappa shape index (κ2) is 6.34. The maximum Gasteiger partial charge on any atom is 0.178 e. The standard InChI is InChI=1S/C14H17FN4O3S/c1-23(20,21)13-7-17-18-14(13)12-9-22-5-4-19(12)8-11-3-2-10(15)6-16-11/h2-3,6-7,12H,4-5,8-9H2,1H3,(H,17,18)/t12-/m1/s1. The minimum Gasteiger partial charge on any atom is -0.378 e. The van der Waals surface area contributed by atoms with Gasteiger partial charge in [0.2, 0.25) is 0 Å². The first kappa shape index (κ1) is 16.0. The first-order valence-electron chi connectivity index (χ1n) is 7.10. The Labute approximate surface area is 133 Å². The Morgan fingerprint density at radius 2 is 2.26 bits per heavy atom. The normalized spacial score (nSPS) is 19.8. The predicted molar refractivity (Wildman–Crippen MR) is 79.9 cm³/mol. The van der Waals surface area contributed by atoms with E-state index < -0.39 is 9.84 Å². The minimum absolute atomic E-state index is 0.171. The van der Waals surface area contributed by atoms with E-state index in [1.807, 2.05) is 4.90 Å². The first-order valence-corrected chi connectivity index (χ1v) is 9.00. The van der Waals surface area contributed by atoms with Crippen molar-refractivity contribution in [3.8, 4) is 0 Å². The minimum atomic E-state index is -3.38. The van der Waals surface area contributed by atoms with Gasteiger partial charge in [-0.15, -0.1) is 0 Å². The lowest BCUT2D eigenvalue weighted by molar-refractivity contribution is -0.0158. The van der Waals surface area contributed by atoms with Gasteiger partial charge < -0.3 is 4.74 Å². The van der Waals surface area contributed by atoms with E-state index in [2.05, 4.69) is 15.2 Å². The van der Waals surface area contributed by atoms with Crippen LogP contribution in [0.15, 0.2) is 29.4 Å². The zero-order chi connectivity index (χ0) is 16.4. The van der Waals surface area contributed by atoms with Crippen molar-refractivity contribution in [2.24, 2.45) is 0 Å². The van der Waals surface area contributed by atoms with E-state index >= 15 is 0 Å². The van der Waals surface area contributed by atoms with Gasteiger partial charge >= 0.3 is 0 Å². The van der Waals surface area contributed by atoms with Gasteiger partial charge in [0.1, 0.15) is 10.7 Å². The molecule has 1 aliphatic heterocycles. The van der Waals surface area contributed by atoms with Gasteiger partial charge in [-0.25, -0.2) is 12.8 Å². The third-order valence-corrected chi connectivity index (χ3v) is 4.88. The molecule has 0 aromatic carbocycles. The average molecular weight is 340 g/mol. The number of aromatic amines is 1. The van der Waals surface area contributed by atoms with Gasteiger partial charge in [0, 0.05) is 19.3 Å². The monoisotopic (exact) mass is 340 g/mol. The Kier molecular flexibility index (Phi) is 4.42. The van der Waals surface area contributed by atoms with Crippen LogP contribution in [0.4, 0.5) is 4.39 Å². The molecule has 1 atom stereocenters. The fourth-order valence-electron chi connectivity index (χ4n) is 2.62. The van der Waals surface area contributed by atoms with Gasteiger partial charge in [0.05, 0.1) is 43.0 Å². The maximum atomic E-state index is 13.0. The Morgan fingerprint density at radius 3 is 2.96 bits per heavy atom. The van der Waals surface area contributed by atoms with E-state index in [-0.39, 0.29) is 16.8 Å². The lowest BCUT2D eigenvalue weighted by Crippen LogP contribution is -2.39. The van der Waals surface area contributed by atoms with Gasteiger partial charge in [-0.1, -0.05) is 0 Å². The molecular weight excluding hydrogens is 323 g/mol. The summed E-state index contributed by atoms with van der Waals surface area (Å²) >= 11 is 0. The SMILES string of the molecule is CS(=O)(=O)c1cn[nH]c1[C@H]1COCCN1Cc1ccc(F)cn1. The van der Waals surface area contributed by atoms with E-state index in [1.54, 1.807) is 6.07 Å². The zero-order valence-electron chi connectivity index (χ0n) is 12.6. The van der Waals surface area contributed by atoms with Crippen LogP contribution in [0.3, 0.4) is 0 Å². The highest BCUT2D eigenvalue weighted by atomic mass is 32.2. The molecule has 7 nitrogen and oxygen atoms in total. The smallest absolute Gasteiger partial charge is 0.178 e. The number of nitrogens with zero attached hydrogens (tertiary/aromatic N) is 3. The molecule has 0 radical (unpaired) electrons. The molecule has 0 saturated carbocycles. The third-order valence-electron chi connectivity index (χ3n) is 3.76. The second-order valence-corrected chi connectivity index (χ2v) is 7.43. The molecule has 1 fully saturated rings. The summed E-state index contributed by atoms with van der Waals surface area (Å²) in [6.07, 6.45) is 3.63. The molecule has 3 rings (SSSR count). The number of hydrogen-bond donors (Lipinski definition) is 1. The zero-order valence-corrected chi connectivity index (χ0v) is 13.4. The Hall–Kier alpha value is -1.84. The van der Waals surface area contributed by atoms with Gasteiger partial charge in [-0.2, -0.15) is 5.10 Å². The summed E-state index contributed by atoms with van der Waals surface area (Å²) in [5, 5.41) is 6.64. The molecule has 0 bridgehead atoms. The summed E-state index contributed by atoms with van der Waals surface area (Å²) in [6.45, 7) is 1.98. The van der Waals surface area contributed by atoms with E-state index in [0.29, 0.717) is 37.7 Å². The highest BCUT2D eigenvalue weighted by molar-refractivity contribution is 7.90. The molecule has 1 saturated heterocycles. The van der Waals surface area contributed by atoms with Crippen molar-refractivity contribution in [3.05, 3.63) is 41.7 Å². The number of sulfone groups is 1. The number of hydrogen-bond acceptors (Lipinski definition) is 6. The average Bonchev–Trinajstić information content (AvgIpc) is 3.00. The highest BCUT2D eigenvalue weighted by Gasteiger charge is 2.30. The number of halogens is 1. The predicted octanol–water partition coefficient (Wildman–Crippen LogP) is 0.921. The summed E-state index contributed by atoms with van der Waals surface area (Å²) in [5.74, 6) is -0.389. The van der Waals surface area contributed by atoms with E-state index in [4.69, 9.17) is 4.74 Å². The molecule has 1 aliphatic rings. The topological polar surface area (TPSA) is 88.2 Å². The van der Waals surface area contributed by atoms with Crippen LogP contribution in [0.5, 0.6) is 0 Å². The summed E-state index contributed by atoms with van der Waals surface area (Å²) in [5.41, 5.74) is 1.22. The van der Waals surface area contributed by atoms with Crippen LogP contribution in [0.1, 0.15) is 17.4 Å². The van der Waals surface area contributed by atoms with Gasteiger partial charge in [-0.3, -0.25) is 15.0 Å². The van der Waals surface area contributed by atoms with Gasteiger partial charge in [0.15, 0.2) is 9.84 Å². The molecule has 2 aromatic heterocycles. The third kappa shape index (κ3) is 3.57. The van der Waals surface area contributed by atoms with Gasteiger partial charge in [-0.05, 0) is 12.1 Å². The Bertz CT molecular complexity index is 776. The van der Waals surface area contributed by atoms with Crippen LogP contribution in [0.2, 0.25) is 0 Å². The van der Waals surface area contributed by atoms with Crippen molar-refractivity contribution in [2.75, 3.05) is 26.0 Å². The second-order valence-electron chi connectivity index (χ2n) is 5.45. The van der Waals surface area contributed by atoms with Crippen molar-refractivity contribution in [1.29, 1.82) is 0 Å². The summed E-state index contributed by atoms with van der Waals surface area (Å²) in [7, 11) is -3.38. The highest BCUT2D eigenvalue weighted by Crippen LogP contribution is 2.28. The number of H-pyrrole nitrogens is 1. The first-order chi connectivity index (χ1) is 10.9. The number of ether oxygens (including phenoxy) is 1. The molecule has 2 aromatic rings. The summed E-state index contributed by atoms with van der Waals surface area (Å²) in [4.78, 5) is 6.28. The van der Waals surface area contributed by atoms with Crippen LogP contribution in [-0.2, 0) is 21.1 Å². The van der Waals surface area contributed by atoms with Crippen LogP contribution >= 0.6 is 0 Å². The van der Waals surface area contributed by atoms with Crippen LogP contribution in [-0.4, -0.2) is 54.5 Å². The fourth-order valence-corrected chi connectivity index (χ4v) is 3.45. The van der Waals surface area contributed by atoms with Crippen LogP contribution in [0.25, 0.3) is 0 Å². The van der Waals surface area contributed by atoms with Gasteiger partial charge in [0.25, 0.3) is 0 Å². The molecule has 0 spiro atoms. The van der Waals surface area contributed by atoms with E-state index in [9.17, 15) is 12.8 Å². The van der Waals surface area contributed by atoms with Crippen LogP contribution in [0, 0.1) is 5.82 Å². The quantitative estimate of drug-likeness (QED) is 0.890. The molecule has 0 unspecified atom stereocenters. The lowest BCUT2D eigenvalue weighted by Gasteiger charge is -2.35. The number of pyridine rings is 1. The van der Waals surface area contributed by atoms with E-state index in [0.717, 1.165) is 6.26 Å². The molecule has 124 valence electrons. The van der Waals surface area contributed by atoms with Crippen LogP contribution < -0.4 is 0 Å². The van der Waals surface area contributed by atoms with Crippen molar-refractivity contribution < 1.29 is 17.5 Å². The Morgan fingerprint density at radius 1 is 1.43 bits per heavy atom. The molecule has 9 heteroatoms. The number of rotatable bonds is 4. The lowest BCUT2D eigenvalue weighted by atomic mass is 10.1. The van der Waals surface area contributed by atoms with E-state index in [1.165, 1.54) is 18.5 Å². The van der Waals surface area contributed by atoms with Crippen molar-refractivity contribution in [3.63, 3.8) is 0 Å². The molecule has 0 aliphatic carbocycles. The van der Waals surface area contributed by atoms with Crippen molar-refractivity contribution in [2.45, 2.75) is 17.5 Å². The number of aromatic nitrogens is 3. The van der Waals surface area contributed by atoms with Crippen molar-refractivity contribution in [1.82, 2.24) is 20.1 Å². The fraction of sp³-hybridized carbons (Fsp3) is 0.429. The summed E-state index contributed by atoms with van der Waals surface area (Å²) in [6, 6.07) is 2.70. The molecule has 0 amide bonds.